The van der Waals surface area contributed by atoms with Crippen molar-refractivity contribution in [3.8, 4) is 0 Å². The van der Waals surface area contributed by atoms with Crippen molar-refractivity contribution in [2.24, 2.45) is 0 Å². The molecule has 0 heterocycles. The van der Waals surface area contributed by atoms with Crippen molar-refractivity contribution in [1.82, 2.24) is 0 Å². The SMILES string of the molecule is CCC(COCCCCCCCCCCCCc1ccccc1)OCc1ccccc1. The van der Waals surface area contributed by atoms with Crippen LogP contribution in [0, 0.1) is 0 Å². The first-order chi connectivity index (χ1) is 15.4. The highest BCUT2D eigenvalue weighted by Crippen LogP contribution is 2.13. The van der Waals surface area contributed by atoms with Gasteiger partial charge in [-0.25, -0.2) is 0 Å². The van der Waals surface area contributed by atoms with Gasteiger partial charge in [-0.1, -0.05) is 119 Å². The molecule has 0 aliphatic heterocycles. The van der Waals surface area contributed by atoms with E-state index < -0.39 is 0 Å². The molecule has 0 aliphatic carbocycles. The van der Waals surface area contributed by atoms with E-state index in [1.807, 2.05) is 6.07 Å². The zero-order valence-corrected chi connectivity index (χ0v) is 19.8. The van der Waals surface area contributed by atoms with Crippen LogP contribution in [-0.2, 0) is 22.5 Å². The van der Waals surface area contributed by atoms with Gasteiger partial charge in [0.25, 0.3) is 0 Å². The molecular formula is C29H44O2. The summed E-state index contributed by atoms with van der Waals surface area (Å²) in [5.41, 5.74) is 2.71. The van der Waals surface area contributed by atoms with E-state index in [2.05, 4.69) is 61.5 Å². The quantitative estimate of drug-likeness (QED) is 0.212. The highest BCUT2D eigenvalue weighted by atomic mass is 16.5. The van der Waals surface area contributed by atoms with E-state index in [4.69, 9.17) is 9.47 Å². The van der Waals surface area contributed by atoms with Crippen molar-refractivity contribution in [2.45, 2.75) is 96.7 Å². The third-order valence-corrected chi connectivity index (χ3v) is 5.93. The summed E-state index contributed by atoms with van der Waals surface area (Å²) >= 11 is 0. The summed E-state index contributed by atoms with van der Waals surface area (Å²) < 4.78 is 11.8. The molecule has 31 heavy (non-hydrogen) atoms. The number of hydrogen-bond acceptors (Lipinski definition) is 2. The first kappa shape index (κ1) is 25.6. The fourth-order valence-electron chi connectivity index (χ4n) is 3.88. The Morgan fingerprint density at radius 2 is 1.13 bits per heavy atom. The van der Waals surface area contributed by atoms with Crippen LogP contribution in [0.3, 0.4) is 0 Å². The van der Waals surface area contributed by atoms with E-state index in [1.165, 1.54) is 81.8 Å². The van der Waals surface area contributed by atoms with Crippen LogP contribution in [0.2, 0.25) is 0 Å². The average Bonchev–Trinajstić information content (AvgIpc) is 2.82. The fraction of sp³-hybridized carbons (Fsp3) is 0.586. The van der Waals surface area contributed by atoms with Crippen LogP contribution in [0.4, 0.5) is 0 Å². The van der Waals surface area contributed by atoms with Crippen molar-refractivity contribution in [3.63, 3.8) is 0 Å². The third-order valence-electron chi connectivity index (χ3n) is 5.93. The van der Waals surface area contributed by atoms with E-state index in [9.17, 15) is 0 Å². The van der Waals surface area contributed by atoms with Crippen LogP contribution in [0.5, 0.6) is 0 Å². The molecule has 2 aromatic rings. The van der Waals surface area contributed by atoms with Crippen molar-refractivity contribution < 1.29 is 9.47 Å². The molecule has 0 aliphatic rings. The Kier molecular flexibility index (Phi) is 14.9. The Morgan fingerprint density at radius 1 is 0.613 bits per heavy atom. The van der Waals surface area contributed by atoms with Crippen molar-refractivity contribution in [3.05, 3.63) is 71.8 Å². The van der Waals surface area contributed by atoms with Gasteiger partial charge in [0.15, 0.2) is 0 Å². The summed E-state index contributed by atoms with van der Waals surface area (Å²) in [6.45, 7) is 4.43. The molecule has 0 bridgehead atoms. The minimum Gasteiger partial charge on any atom is -0.379 e. The molecule has 1 atom stereocenters. The number of rotatable bonds is 19. The Morgan fingerprint density at radius 3 is 1.71 bits per heavy atom. The molecule has 0 amide bonds. The van der Waals surface area contributed by atoms with Crippen molar-refractivity contribution >= 4 is 0 Å². The number of benzene rings is 2. The summed E-state index contributed by atoms with van der Waals surface area (Å²) in [7, 11) is 0. The highest BCUT2D eigenvalue weighted by Gasteiger charge is 2.07. The van der Waals surface area contributed by atoms with Gasteiger partial charge in [0, 0.05) is 6.61 Å². The molecule has 2 rings (SSSR count). The minimum absolute atomic E-state index is 0.202. The average molecular weight is 425 g/mol. The van der Waals surface area contributed by atoms with E-state index >= 15 is 0 Å². The molecule has 0 radical (unpaired) electrons. The second-order valence-electron chi connectivity index (χ2n) is 8.67. The van der Waals surface area contributed by atoms with Crippen LogP contribution in [0.1, 0.15) is 88.7 Å². The van der Waals surface area contributed by atoms with Crippen LogP contribution in [0.15, 0.2) is 60.7 Å². The lowest BCUT2D eigenvalue weighted by atomic mass is 10.0. The van der Waals surface area contributed by atoms with Gasteiger partial charge in [-0.05, 0) is 36.8 Å². The molecule has 0 saturated carbocycles. The van der Waals surface area contributed by atoms with Crippen LogP contribution in [0.25, 0.3) is 0 Å². The van der Waals surface area contributed by atoms with Gasteiger partial charge in [-0.15, -0.1) is 0 Å². The lowest BCUT2D eigenvalue weighted by molar-refractivity contribution is -0.0269. The first-order valence-corrected chi connectivity index (χ1v) is 12.7. The Hall–Kier alpha value is -1.64. The Balaban J connectivity index is 1.31. The third kappa shape index (κ3) is 13.4. The summed E-state index contributed by atoms with van der Waals surface area (Å²) in [5.74, 6) is 0. The van der Waals surface area contributed by atoms with Crippen molar-refractivity contribution in [2.75, 3.05) is 13.2 Å². The molecule has 0 N–H and O–H groups in total. The molecule has 2 nitrogen and oxygen atoms in total. The zero-order chi connectivity index (χ0) is 21.8. The molecule has 0 fully saturated rings. The summed E-state index contributed by atoms with van der Waals surface area (Å²) in [6, 6.07) is 21.3. The van der Waals surface area contributed by atoms with Crippen LogP contribution >= 0.6 is 0 Å². The Bertz CT molecular complexity index is 626. The topological polar surface area (TPSA) is 18.5 Å². The second kappa shape index (κ2) is 18.0. The van der Waals surface area contributed by atoms with Gasteiger partial charge in [0.2, 0.25) is 0 Å². The van der Waals surface area contributed by atoms with Gasteiger partial charge in [-0.3, -0.25) is 0 Å². The normalized spacial score (nSPS) is 12.2. The number of aryl methyl sites for hydroxylation is 1. The zero-order valence-electron chi connectivity index (χ0n) is 19.8. The maximum Gasteiger partial charge on any atom is 0.0810 e. The maximum atomic E-state index is 5.98. The number of ether oxygens (including phenoxy) is 2. The largest absolute Gasteiger partial charge is 0.379 e. The predicted octanol–water partition coefficient (Wildman–Crippen LogP) is 8.14. The van der Waals surface area contributed by atoms with E-state index in [0.717, 1.165) is 13.0 Å². The molecular weight excluding hydrogens is 380 g/mol. The minimum atomic E-state index is 0.202. The molecule has 2 heteroatoms. The number of unbranched alkanes of at least 4 members (excludes halogenated alkanes) is 9. The Labute approximate surface area is 191 Å². The lowest BCUT2D eigenvalue weighted by Gasteiger charge is -2.16. The highest BCUT2D eigenvalue weighted by molar-refractivity contribution is 5.14. The second-order valence-corrected chi connectivity index (χ2v) is 8.67. The number of hydrogen-bond donors (Lipinski definition) is 0. The molecule has 1 unspecified atom stereocenters. The smallest absolute Gasteiger partial charge is 0.0810 e. The molecule has 0 aromatic heterocycles. The van der Waals surface area contributed by atoms with E-state index in [0.29, 0.717) is 13.2 Å². The molecule has 0 saturated heterocycles. The molecule has 0 spiro atoms. The standard InChI is InChI=1S/C29H44O2/c1-2-29(31-25-28-22-16-12-17-23-28)26-30-24-18-10-8-6-4-3-5-7-9-13-19-27-20-14-11-15-21-27/h11-12,14-17,20-23,29H,2-10,13,18-19,24-26H2,1H3. The molecule has 2 aromatic carbocycles. The first-order valence-electron chi connectivity index (χ1n) is 12.7. The van der Waals surface area contributed by atoms with Crippen LogP contribution in [-0.4, -0.2) is 19.3 Å². The summed E-state index contributed by atoms with van der Waals surface area (Å²) in [4.78, 5) is 0. The fourth-order valence-corrected chi connectivity index (χ4v) is 3.88. The maximum absolute atomic E-state index is 5.98. The van der Waals surface area contributed by atoms with Crippen LogP contribution < -0.4 is 0 Å². The van der Waals surface area contributed by atoms with Gasteiger partial charge >= 0.3 is 0 Å². The summed E-state index contributed by atoms with van der Waals surface area (Å²) in [6.07, 6.45) is 15.9. The summed E-state index contributed by atoms with van der Waals surface area (Å²) in [5, 5.41) is 0. The van der Waals surface area contributed by atoms with E-state index in [1.54, 1.807) is 0 Å². The van der Waals surface area contributed by atoms with E-state index in [-0.39, 0.29) is 6.10 Å². The van der Waals surface area contributed by atoms with Gasteiger partial charge in [-0.2, -0.15) is 0 Å². The molecule has 172 valence electrons. The van der Waals surface area contributed by atoms with Gasteiger partial charge in [0.05, 0.1) is 19.3 Å². The van der Waals surface area contributed by atoms with Gasteiger partial charge < -0.3 is 9.47 Å². The predicted molar refractivity (Wildman–Crippen MR) is 132 cm³/mol. The van der Waals surface area contributed by atoms with Crippen molar-refractivity contribution in [1.29, 1.82) is 0 Å². The lowest BCUT2D eigenvalue weighted by Crippen LogP contribution is -2.19. The van der Waals surface area contributed by atoms with Gasteiger partial charge in [0.1, 0.15) is 0 Å². The monoisotopic (exact) mass is 424 g/mol.